The summed E-state index contributed by atoms with van der Waals surface area (Å²) in [5.41, 5.74) is 0.00634. The third kappa shape index (κ3) is 4.67. The van der Waals surface area contributed by atoms with Gasteiger partial charge in [0.1, 0.15) is 5.75 Å². The summed E-state index contributed by atoms with van der Waals surface area (Å²) in [5.74, 6) is 1.38. The van der Waals surface area contributed by atoms with Crippen molar-refractivity contribution in [2.75, 3.05) is 19.7 Å². The molecule has 0 aromatic heterocycles. The zero-order valence-electron chi connectivity index (χ0n) is 11.9. The lowest BCUT2D eigenvalue weighted by Crippen LogP contribution is -2.37. The lowest BCUT2D eigenvalue weighted by Gasteiger charge is -2.25. The third-order valence-electron chi connectivity index (χ3n) is 2.79. The van der Waals surface area contributed by atoms with Crippen molar-refractivity contribution in [3.05, 3.63) is 29.8 Å². The third-order valence-corrected chi connectivity index (χ3v) is 2.79. The predicted molar refractivity (Wildman–Crippen MR) is 74.9 cm³/mol. The predicted octanol–water partition coefficient (Wildman–Crippen LogP) is 2.54. The highest BCUT2D eigenvalue weighted by Gasteiger charge is 2.23. The molecule has 0 heterocycles. The van der Waals surface area contributed by atoms with Crippen LogP contribution in [0, 0.1) is 5.92 Å². The van der Waals surface area contributed by atoms with E-state index >= 15 is 0 Å². The molecule has 0 amide bonds. The van der Waals surface area contributed by atoms with Gasteiger partial charge in [0.15, 0.2) is 0 Å². The highest BCUT2D eigenvalue weighted by atomic mass is 16.5. The van der Waals surface area contributed by atoms with Gasteiger partial charge in [-0.25, -0.2) is 0 Å². The highest BCUT2D eigenvalue weighted by molar-refractivity contribution is 5.32. The SMILES string of the molecule is CCOc1cccc(C(C)(O)CNCC(C)C)c1. The van der Waals surface area contributed by atoms with Crippen molar-refractivity contribution < 1.29 is 9.84 Å². The molecule has 1 unspecified atom stereocenters. The lowest BCUT2D eigenvalue weighted by molar-refractivity contribution is 0.0561. The van der Waals surface area contributed by atoms with Crippen LogP contribution in [0.3, 0.4) is 0 Å². The van der Waals surface area contributed by atoms with E-state index in [1.165, 1.54) is 0 Å². The van der Waals surface area contributed by atoms with E-state index in [4.69, 9.17) is 4.74 Å². The van der Waals surface area contributed by atoms with Crippen molar-refractivity contribution in [3.8, 4) is 5.75 Å². The molecule has 102 valence electrons. The van der Waals surface area contributed by atoms with Crippen molar-refractivity contribution in [2.24, 2.45) is 5.92 Å². The van der Waals surface area contributed by atoms with Crippen LogP contribution in [0.25, 0.3) is 0 Å². The molecule has 0 spiro atoms. The van der Waals surface area contributed by atoms with Crippen molar-refractivity contribution in [3.63, 3.8) is 0 Å². The molecule has 0 fully saturated rings. The van der Waals surface area contributed by atoms with Gasteiger partial charge < -0.3 is 15.2 Å². The summed E-state index contributed by atoms with van der Waals surface area (Å²) >= 11 is 0. The van der Waals surface area contributed by atoms with E-state index in [1.807, 2.05) is 38.1 Å². The fraction of sp³-hybridized carbons (Fsp3) is 0.600. The normalized spacial score (nSPS) is 14.6. The first-order chi connectivity index (χ1) is 8.45. The molecule has 0 aliphatic carbocycles. The van der Waals surface area contributed by atoms with E-state index in [1.54, 1.807) is 0 Å². The topological polar surface area (TPSA) is 41.5 Å². The van der Waals surface area contributed by atoms with Gasteiger partial charge in [0.25, 0.3) is 0 Å². The molecular formula is C15H25NO2. The minimum Gasteiger partial charge on any atom is -0.494 e. The fourth-order valence-electron chi connectivity index (χ4n) is 1.79. The van der Waals surface area contributed by atoms with Crippen LogP contribution < -0.4 is 10.1 Å². The number of hydrogen-bond acceptors (Lipinski definition) is 3. The number of hydrogen-bond donors (Lipinski definition) is 2. The van der Waals surface area contributed by atoms with Crippen molar-refractivity contribution in [1.29, 1.82) is 0 Å². The van der Waals surface area contributed by atoms with E-state index in [9.17, 15) is 5.11 Å². The molecule has 1 aromatic rings. The van der Waals surface area contributed by atoms with E-state index in [0.717, 1.165) is 17.9 Å². The minimum atomic E-state index is -0.873. The van der Waals surface area contributed by atoms with Crippen LogP contribution in [0.5, 0.6) is 5.75 Å². The Morgan fingerprint density at radius 2 is 2.11 bits per heavy atom. The zero-order chi connectivity index (χ0) is 13.6. The quantitative estimate of drug-likeness (QED) is 0.782. The Bertz CT molecular complexity index is 361. The number of ether oxygens (including phenoxy) is 1. The summed E-state index contributed by atoms with van der Waals surface area (Å²) in [6.07, 6.45) is 0. The largest absolute Gasteiger partial charge is 0.494 e. The summed E-state index contributed by atoms with van der Waals surface area (Å²) in [6, 6.07) is 7.65. The van der Waals surface area contributed by atoms with Crippen molar-refractivity contribution in [2.45, 2.75) is 33.3 Å². The number of aliphatic hydroxyl groups is 1. The Morgan fingerprint density at radius 3 is 2.72 bits per heavy atom. The van der Waals surface area contributed by atoms with Gasteiger partial charge in [-0.3, -0.25) is 0 Å². The lowest BCUT2D eigenvalue weighted by atomic mass is 9.95. The van der Waals surface area contributed by atoms with E-state index in [2.05, 4.69) is 19.2 Å². The van der Waals surface area contributed by atoms with Crippen LogP contribution in [-0.2, 0) is 5.60 Å². The average molecular weight is 251 g/mol. The van der Waals surface area contributed by atoms with Gasteiger partial charge in [0.2, 0.25) is 0 Å². The fourth-order valence-corrected chi connectivity index (χ4v) is 1.79. The van der Waals surface area contributed by atoms with Crippen LogP contribution in [0.2, 0.25) is 0 Å². The maximum absolute atomic E-state index is 10.5. The molecule has 1 rings (SSSR count). The molecule has 0 saturated carbocycles. The van der Waals surface area contributed by atoms with Crippen LogP contribution in [0.15, 0.2) is 24.3 Å². The molecule has 2 N–H and O–H groups in total. The standard InChI is InChI=1S/C15H25NO2/c1-5-18-14-8-6-7-13(9-14)15(4,17)11-16-10-12(2)3/h6-9,12,16-17H,5,10-11H2,1-4H3. The summed E-state index contributed by atoms with van der Waals surface area (Å²) in [5, 5.41) is 13.8. The number of benzene rings is 1. The van der Waals surface area contributed by atoms with Gasteiger partial charge in [-0.05, 0) is 44.0 Å². The van der Waals surface area contributed by atoms with Gasteiger partial charge in [-0.2, -0.15) is 0 Å². The Hall–Kier alpha value is -1.06. The molecule has 0 radical (unpaired) electrons. The van der Waals surface area contributed by atoms with E-state index in [0.29, 0.717) is 19.1 Å². The summed E-state index contributed by atoms with van der Waals surface area (Å²) in [7, 11) is 0. The van der Waals surface area contributed by atoms with Gasteiger partial charge in [-0.1, -0.05) is 26.0 Å². The van der Waals surface area contributed by atoms with Crippen LogP contribution >= 0.6 is 0 Å². The number of nitrogens with one attached hydrogen (secondary N) is 1. The molecule has 1 aromatic carbocycles. The first-order valence-electron chi connectivity index (χ1n) is 6.62. The van der Waals surface area contributed by atoms with E-state index < -0.39 is 5.60 Å². The zero-order valence-corrected chi connectivity index (χ0v) is 11.9. The van der Waals surface area contributed by atoms with Gasteiger partial charge in [-0.15, -0.1) is 0 Å². The molecule has 0 bridgehead atoms. The second kappa shape index (κ2) is 6.76. The van der Waals surface area contributed by atoms with Gasteiger partial charge in [0, 0.05) is 6.54 Å². The Labute approximate surface area is 110 Å². The smallest absolute Gasteiger partial charge is 0.119 e. The molecule has 1 atom stereocenters. The second-order valence-corrected chi connectivity index (χ2v) is 5.26. The molecule has 0 aliphatic rings. The molecule has 0 aliphatic heterocycles. The van der Waals surface area contributed by atoms with Crippen LogP contribution in [0.1, 0.15) is 33.3 Å². The van der Waals surface area contributed by atoms with Gasteiger partial charge in [0.05, 0.1) is 12.2 Å². The minimum absolute atomic E-state index is 0.542. The van der Waals surface area contributed by atoms with E-state index in [-0.39, 0.29) is 0 Å². The molecule has 0 saturated heterocycles. The summed E-state index contributed by atoms with van der Waals surface area (Å²) in [4.78, 5) is 0. The van der Waals surface area contributed by atoms with Crippen molar-refractivity contribution in [1.82, 2.24) is 5.32 Å². The number of rotatable bonds is 7. The maximum atomic E-state index is 10.5. The van der Waals surface area contributed by atoms with Crippen molar-refractivity contribution >= 4 is 0 Å². The molecule has 3 heteroatoms. The first kappa shape index (κ1) is 15.0. The first-order valence-corrected chi connectivity index (χ1v) is 6.62. The van der Waals surface area contributed by atoms with Crippen LogP contribution in [-0.4, -0.2) is 24.8 Å². The Balaban J connectivity index is 2.67. The molecule has 3 nitrogen and oxygen atoms in total. The second-order valence-electron chi connectivity index (χ2n) is 5.26. The Kier molecular flexibility index (Phi) is 5.63. The Morgan fingerprint density at radius 1 is 1.39 bits per heavy atom. The summed E-state index contributed by atoms with van der Waals surface area (Å²) < 4.78 is 5.45. The molecule has 18 heavy (non-hydrogen) atoms. The van der Waals surface area contributed by atoms with Gasteiger partial charge >= 0.3 is 0 Å². The highest BCUT2D eigenvalue weighted by Crippen LogP contribution is 2.24. The average Bonchev–Trinajstić information content (AvgIpc) is 2.29. The monoisotopic (exact) mass is 251 g/mol. The summed E-state index contributed by atoms with van der Waals surface area (Å²) in [6.45, 7) is 10.2. The van der Waals surface area contributed by atoms with Crippen LogP contribution in [0.4, 0.5) is 0 Å². The molecular weight excluding hydrogens is 226 g/mol. The maximum Gasteiger partial charge on any atom is 0.119 e.